The van der Waals surface area contributed by atoms with Crippen molar-refractivity contribution in [1.29, 1.82) is 5.26 Å². The third kappa shape index (κ3) is 7.58. The fourth-order valence-corrected chi connectivity index (χ4v) is 6.41. The number of anilines is 1. The van der Waals surface area contributed by atoms with Crippen molar-refractivity contribution < 1.29 is 18.7 Å². The molecule has 0 radical (unpaired) electrons. The Bertz CT molecular complexity index is 1720. The summed E-state index contributed by atoms with van der Waals surface area (Å²) >= 11 is 0. The number of piperidine rings is 1. The van der Waals surface area contributed by atoms with Crippen LogP contribution in [-0.2, 0) is 6.54 Å². The van der Waals surface area contributed by atoms with Crippen molar-refractivity contribution in [3.05, 3.63) is 119 Å². The van der Waals surface area contributed by atoms with Crippen LogP contribution in [0.25, 0.3) is 0 Å². The van der Waals surface area contributed by atoms with Gasteiger partial charge in [0.25, 0.3) is 11.8 Å². The molecule has 6 rings (SSSR count). The second-order valence-electron chi connectivity index (χ2n) is 12.3. The van der Waals surface area contributed by atoms with Gasteiger partial charge in [0, 0.05) is 50.9 Å². The normalized spacial score (nSPS) is 17.0. The van der Waals surface area contributed by atoms with Gasteiger partial charge in [0.2, 0.25) is 0 Å². The van der Waals surface area contributed by atoms with Gasteiger partial charge in [-0.15, -0.1) is 0 Å². The number of para-hydroxylation sites is 1. The number of nitrogens with zero attached hydrogens (tertiary/aromatic N) is 6. The fourth-order valence-electron chi connectivity index (χ4n) is 6.41. The number of likely N-dealkylation sites (tertiary alicyclic amines) is 1. The topological polar surface area (TPSA) is 103 Å². The van der Waals surface area contributed by atoms with Gasteiger partial charge in [-0.1, -0.05) is 42.5 Å². The first-order chi connectivity index (χ1) is 22.9. The van der Waals surface area contributed by atoms with Crippen molar-refractivity contribution in [3.63, 3.8) is 0 Å². The van der Waals surface area contributed by atoms with Crippen LogP contribution in [-0.4, -0.2) is 70.9 Å². The third-order valence-corrected chi connectivity index (χ3v) is 9.19. The molecule has 2 aliphatic heterocycles. The molecule has 0 N–H and O–H groups in total. The van der Waals surface area contributed by atoms with Crippen molar-refractivity contribution in [3.8, 4) is 11.8 Å². The van der Waals surface area contributed by atoms with Crippen LogP contribution in [0.3, 0.4) is 0 Å². The number of carbonyl (C=O) groups excluding carboxylic acids is 2. The summed E-state index contributed by atoms with van der Waals surface area (Å²) in [5, 5.41) is 9.32. The first-order valence-corrected chi connectivity index (χ1v) is 16.0. The van der Waals surface area contributed by atoms with Gasteiger partial charge in [0.1, 0.15) is 29.1 Å². The van der Waals surface area contributed by atoms with Crippen LogP contribution in [0.5, 0.6) is 5.75 Å². The lowest BCUT2D eigenvalue weighted by Gasteiger charge is -2.42. The lowest BCUT2D eigenvalue weighted by molar-refractivity contribution is 0.0360. The quantitative estimate of drug-likeness (QED) is 0.283. The number of nitriles is 1. The molecule has 2 aromatic heterocycles. The fraction of sp³-hybridized carbons (Fsp3) is 0.324. The van der Waals surface area contributed by atoms with E-state index in [9.17, 15) is 19.2 Å². The van der Waals surface area contributed by atoms with Gasteiger partial charge >= 0.3 is 0 Å². The number of fused-ring (bicyclic) bond motifs is 1. The van der Waals surface area contributed by atoms with Crippen molar-refractivity contribution in [2.75, 3.05) is 44.2 Å². The van der Waals surface area contributed by atoms with Crippen LogP contribution < -0.4 is 9.64 Å². The summed E-state index contributed by atoms with van der Waals surface area (Å²) in [7, 11) is 0. The number of halogens is 1. The molecule has 2 aliphatic rings. The number of amides is 2. The summed E-state index contributed by atoms with van der Waals surface area (Å²) in [5.74, 6) is 0.501. The molecular weight excluding hydrogens is 595 g/mol. The van der Waals surface area contributed by atoms with Crippen LogP contribution in [0.4, 0.5) is 10.2 Å². The highest BCUT2D eigenvalue weighted by Gasteiger charge is 2.38. The van der Waals surface area contributed by atoms with E-state index in [1.54, 1.807) is 17.2 Å². The minimum atomic E-state index is -0.479. The molecule has 10 heteroatoms. The molecule has 0 saturated carbocycles. The van der Waals surface area contributed by atoms with E-state index in [0.29, 0.717) is 75.6 Å². The maximum atomic E-state index is 14.2. The Morgan fingerprint density at radius 3 is 2.38 bits per heavy atom. The van der Waals surface area contributed by atoms with E-state index in [1.165, 1.54) is 12.1 Å². The van der Waals surface area contributed by atoms with Crippen LogP contribution in [0, 0.1) is 22.6 Å². The Morgan fingerprint density at radius 2 is 1.66 bits per heavy atom. The maximum Gasteiger partial charge on any atom is 0.272 e. The van der Waals surface area contributed by atoms with Crippen LogP contribution >= 0.6 is 0 Å². The largest absolute Gasteiger partial charge is 0.492 e. The van der Waals surface area contributed by atoms with Gasteiger partial charge in [-0.3, -0.25) is 9.59 Å². The first kappa shape index (κ1) is 31.7. The number of benzene rings is 2. The Labute approximate surface area is 274 Å². The Balaban J connectivity index is 1.28. The van der Waals surface area contributed by atoms with E-state index in [4.69, 9.17) is 4.74 Å². The molecule has 47 heavy (non-hydrogen) atoms. The zero-order valence-electron chi connectivity index (χ0n) is 26.2. The van der Waals surface area contributed by atoms with Crippen LogP contribution in [0.2, 0.25) is 0 Å². The lowest BCUT2D eigenvalue weighted by atomic mass is 9.75. The maximum absolute atomic E-state index is 14.2. The van der Waals surface area contributed by atoms with E-state index in [-0.39, 0.29) is 22.9 Å². The summed E-state index contributed by atoms with van der Waals surface area (Å²) < 4.78 is 20.0. The van der Waals surface area contributed by atoms with Gasteiger partial charge in [0.15, 0.2) is 0 Å². The summed E-state index contributed by atoms with van der Waals surface area (Å²) in [6.07, 6.45) is 5.76. The molecule has 2 amide bonds. The highest BCUT2D eigenvalue weighted by molar-refractivity contribution is 5.97. The number of rotatable bonds is 4. The number of pyridine rings is 2. The van der Waals surface area contributed by atoms with E-state index >= 15 is 0 Å². The minimum Gasteiger partial charge on any atom is -0.492 e. The molecule has 0 bridgehead atoms. The number of carbonyl (C=O) groups is 2. The highest BCUT2D eigenvalue weighted by atomic mass is 19.1. The smallest absolute Gasteiger partial charge is 0.272 e. The van der Waals surface area contributed by atoms with Gasteiger partial charge < -0.3 is 19.4 Å². The highest BCUT2D eigenvalue weighted by Crippen LogP contribution is 2.38. The van der Waals surface area contributed by atoms with Crippen molar-refractivity contribution in [2.24, 2.45) is 5.41 Å². The minimum absolute atomic E-state index is 0.113. The molecule has 0 unspecified atom stereocenters. The zero-order valence-corrected chi connectivity index (χ0v) is 26.2. The second-order valence-corrected chi connectivity index (χ2v) is 12.3. The Hall–Kier alpha value is -5.30. The van der Waals surface area contributed by atoms with Gasteiger partial charge in [-0.2, -0.15) is 5.26 Å². The molecule has 0 atom stereocenters. The number of hydrogen-bond acceptors (Lipinski definition) is 7. The van der Waals surface area contributed by atoms with Crippen LogP contribution in [0.15, 0.2) is 91.3 Å². The van der Waals surface area contributed by atoms with E-state index in [1.807, 2.05) is 65.6 Å². The van der Waals surface area contributed by atoms with E-state index in [2.05, 4.69) is 20.9 Å². The SMILES string of the molecule is N#Cc1ccc(N2CCCC3(CCN(C(=O)c4ccc(F)cn4)CC3)COc3ccccc3C(=O)N(Cc3ccccc3)CC2)nc1. The predicted octanol–water partition coefficient (Wildman–Crippen LogP) is 5.73. The molecule has 2 aromatic carbocycles. The lowest BCUT2D eigenvalue weighted by Crippen LogP contribution is -2.46. The molecule has 1 spiro atoms. The molecule has 4 aromatic rings. The summed E-state index contributed by atoms with van der Waals surface area (Å²) in [4.78, 5) is 41.8. The second kappa shape index (κ2) is 14.4. The summed E-state index contributed by atoms with van der Waals surface area (Å²) in [6, 6.07) is 25.8. The molecule has 240 valence electrons. The van der Waals surface area contributed by atoms with Crippen molar-refractivity contribution in [2.45, 2.75) is 32.2 Å². The van der Waals surface area contributed by atoms with Crippen molar-refractivity contribution in [1.82, 2.24) is 19.8 Å². The summed E-state index contributed by atoms with van der Waals surface area (Å²) in [5.41, 5.74) is 2.03. The standard InChI is InChI=1S/C37H37FN6O3/c38-30-12-13-32(40-25-30)36(46)43-19-16-37(17-20-43)15-6-18-42(34-14-11-29(23-39)24-41-34)21-22-44(26-28-7-2-1-3-8-28)35(45)31-9-4-5-10-33(31)47-27-37/h1-5,7-14,24-25H,6,15-22,26-27H2. The number of hydrogen-bond donors (Lipinski definition) is 0. The average Bonchev–Trinajstić information content (AvgIpc) is 3.13. The molecule has 1 fully saturated rings. The predicted molar refractivity (Wildman–Crippen MR) is 175 cm³/mol. The molecule has 4 heterocycles. The van der Waals surface area contributed by atoms with Gasteiger partial charge in [-0.05, 0) is 67.6 Å². The van der Waals surface area contributed by atoms with Crippen LogP contribution in [0.1, 0.15) is 57.7 Å². The van der Waals surface area contributed by atoms with Gasteiger partial charge in [-0.25, -0.2) is 14.4 Å². The molecule has 9 nitrogen and oxygen atoms in total. The summed E-state index contributed by atoms with van der Waals surface area (Å²) in [6.45, 7) is 3.61. The average molecular weight is 633 g/mol. The van der Waals surface area contributed by atoms with Gasteiger partial charge in [0.05, 0.1) is 23.9 Å². The Kier molecular flexibility index (Phi) is 9.72. The number of ether oxygens (including phenoxy) is 1. The molecule has 1 saturated heterocycles. The van der Waals surface area contributed by atoms with E-state index in [0.717, 1.165) is 30.4 Å². The molecule has 0 aliphatic carbocycles. The zero-order chi connectivity index (χ0) is 32.6. The molecular formula is C37H37FN6O3. The third-order valence-electron chi connectivity index (χ3n) is 9.19. The van der Waals surface area contributed by atoms with Crippen molar-refractivity contribution >= 4 is 17.6 Å². The number of aromatic nitrogens is 2. The first-order valence-electron chi connectivity index (χ1n) is 16.0. The van der Waals surface area contributed by atoms with E-state index < -0.39 is 5.82 Å². The Morgan fingerprint density at radius 1 is 0.872 bits per heavy atom. The monoisotopic (exact) mass is 632 g/mol.